The number of Topliss-reactive ketones (excluding diaryl/α,β-unsaturated/α-hetero) is 1. The number of nitrogens with zero attached hydrogens (tertiary/aromatic N) is 3. The molecule has 0 aliphatic heterocycles. The van der Waals surface area contributed by atoms with E-state index in [-0.39, 0.29) is 11.8 Å². The maximum Gasteiger partial charge on any atom is 0.180 e. The second kappa shape index (κ2) is 4.79. The Morgan fingerprint density at radius 3 is 2.88 bits per heavy atom. The van der Waals surface area contributed by atoms with E-state index in [0.29, 0.717) is 6.42 Å². The fourth-order valence-corrected chi connectivity index (χ4v) is 2.58. The van der Waals surface area contributed by atoms with Crippen molar-refractivity contribution in [3.63, 3.8) is 0 Å². The minimum atomic E-state index is 0.118. The van der Waals surface area contributed by atoms with Crippen LogP contribution in [0.2, 0.25) is 0 Å². The van der Waals surface area contributed by atoms with Gasteiger partial charge in [0.2, 0.25) is 0 Å². The molecule has 0 amide bonds. The number of carbonyl (C=O) groups excluding carboxylic acids is 1. The van der Waals surface area contributed by atoms with E-state index in [4.69, 9.17) is 0 Å². The Bertz CT molecular complexity index is 527. The van der Waals surface area contributed by atoms with Gasteiger partial charge in [0.05, 0.1) is 11.3 Å². The highest BCUT2D eigenvalue weighted by molar-refractivity contribution is 7.12. The van der Waals surface area contributed by atoms with Crippen LogP contribution in [0.25, 0.3) is 0 Å². The lowest BCUT2D eigenvalue weighted by Gasteiger charge is -2.08. The van der Waals surface area contributed by atoms with Gasteiger partial charge in [-0.1, -0.05) is 0 Å². The van der Waals surface area contributed by atoms with Crippen molar-refractivity contribution >= 4 is 17.1 Å². The van der Waals surface area contributed by atoms with Crippen LogP contribution in [-0.2, 0) is 6.42 Å². The summed E-state index contributed by atoms with van der Waals surface area (Å²) in [6.45, 7) is 6.01. The molecule has 90 valence electrons. The van der Waals surface area contributed by atoms with Crippen LogP contribution < -0.4 is 0 Å². The highest BCUT2D eigenvalue weighted by atomic mass is 32.1. The average molecular weight is 249 g/mol. The first-order valence-electron chi connectivity index (χ1n) is 5.55. The Labute approximate surface area is 104 Å². The standard InChI is InChI=1S/C12H15N3OS/c1-8(2)15-11(13-7-14-15)6-10(16)12-9(3)4-5-17-12/h4-5,7-8H,6H2,1-3H3. The molecule has 0 aromatic carbocycles. The summed E-state index contributed by atoms with van der Waals surface area (Å²) < 4.78 is 1.79. The summed E-state index contributed by atoms with van der Waals surface area (Å²) in [6.07, 6.45) is 1.82. The topological polar surface area (TPSA) is 47.8 Å². The van der Waals surface area contributed by atoms with Gasteiger partial charge in [0, 0.05) is 6.04 Å². The van der Waals surface area contributed by atoms with Crippen LogP contribution in [0.4, 0.5) is 0 Å². The van der Waals surface area contributed by atoms with E-state index in [2.05, 4.69) is 10.1 Å². The molecule has 17 heavy (non-hydrogen) atoms. The molecule has 2 rings (SSSR count). The van der Waals surface area contributed by atoms with Crippen LogP contribution in [0.1, 0.15) is 40.9 Å². The molecule has 2 heterocycles. The molecule has 0 bridgehead atoms. The van der Waals surface area contributed by atoms with Crippen LogP contribution in [0, 0.1) is 6.92 Å². The third-order valence-corrected chi connectivity index (χ3v) is 3.63. The van der Waals surface area contributed by atoms with Crippen LogP contribution in [-0.4, -0.2) is 20.5 Å². The van der Waals surface area contributed by atoms with Crippen molar-refractivity contribution in [2.45, 2.75) is 33.2 Å². The lowest BCUT2D eigenvalue weighted by Crippen LogP contribution is -2.13. The minimum Gasteiger partial charge on any atom is -0.293 e. The van der Waals surface area contributed by atoms with Crippen molar-refractivity contribution in [1.29, 1.82) is 0 Å². The van der Waals surface area contributed by atoms with Gasteiger partial charge >= 0.3 is 0 Å². The molecule has 0 atom stereocenters. The molecule has 0 N–H and O–H groups in total. The number of aryl methyl sites for hydroxylation is 1. The molecule has 0 saturated carbocycles. The molecular formula is C12H15N3OS. The molecular weight excluding hydrogens is 234 g/mol. The van der Waals surface area contributed by atoms with E-state index in [0.717, 1.165) is 16.3 Å². The van der Waals surface area contributed by atoms with Gasteiger partial charge < -0.3 is 0 Å². The van der Waals surface area contributed by atoms with Crippen LogP contribution in [0.15, 0.2) is 17.8 Å². The van der Waals surface area contributed by atoms with Crippen LogP contribution in [0.3, 0.4) is 0 Å². The van der Waals surface area contributed by atoms with Crippen LogP contribution >= 0.6 is 11.3 Å². The Hall–Kier alpha value is -1.49. The highest BCUT2D eigenvalue weighted by Gasteiger charge is 2.16. The first kappa shape index (κ1) is 12.0. The second-order valence-electron chi connectivity index (χ2n) is 4.25. The van der Waals surface area contributed by atoms with Gasteiger partial charge in [-0.15, -0.1) is 11.3 Å². The van der Waals surface area contributed by atoms with E-state index in [9.17, 15) is 4.79 Å². The predicted octanol–water partition coefficient (Wildman–Crippen LogP) is 2.65. The van der Waals surface area contributed by atoms with Crippen LogP contribution in [0.5, 0.6) is 0 Å². The van der Waals surface area contributed by atoms with Crippen molar-refractivity contribution in [1.82, 2.24) is 14.8 Å². The first-order valence-corrected chi connectivity index (χ1v) is 6.43. The monoisotopic (exact) mass is 249 g/mol. The van der Waals surface area contributed by atoms with Crippen molar-refractivity contribution in [2.75, 3.05) is 0 Å². The zero-order chi connectivity index (χ0) is 12.4. The normalized spacial score (nSPS) is 11.1. The largest absolute Gasteiger partial charge is 0.293 e. The van der Waals surface area contributed by atoms with Gasteiger partial charge in [0.25, 0.3) is 0 Å². The number of carbonyl (C=O) groups is 1. The van der Waals surface area contributed by atoms with E-state index < -0.39 is 0 Å². The van der Waals surface area contributed by atoms with E-state index in [1.165, 1.54) is 17.7 Å². The summed E-state index contributed by atoms with van der Waals surface area (Å²) in [4.78, 5) is 17.1. The SMILES string of the molecule is Cc1ccsc1C(=O)Cc1ncnn1C(C)C. The summed E-state index contributed by atoms with van der Waals surface area (Å²) in [5.74, 6) is 0.852. The number of rotatable bonds is 4. The summed E-state index contributed by atoms with van der Waals surface area (Å²) in [5, 5.41) is 6.07. The van der Waals surface area contributed by atoms with Crippen molar-refractivity contribution in [3.8, 4) is 0 Å². The average Bonchev–Trinajstić information content (AvgIpc) is 2.86. The highest BCUT2D eigenvalue weighted by Crippen LogP contribution is 2.18. The van der Waals surface area contributed by atoms with Gasteiger partial charge in [0.15, 0.2) is 5.78 Å². The molecule has 4 nitrogen and oxygen atoms in total. The summed E-state index contributed by atoms with van der Waals surface area (Å²) in [6, 6.07) is 2.19. The number of hydrogen-bond acceptors (Lipinski definition) is 4. The zero-order valence-corrected chi connectivity index (χ0v) is 11.0. The maximum atomic E-state index is 12.1. The predicted molar refractivity (Wildman–Crippen MR) is 67.5 cm³/mol. The summed E-state index contributed by atoms with van der Waals surface area (Å²) in [5.41, 5.74) is 1.04. The Morgan fingerprint density at radius 2 is 2.29 bits per heavy atom. The van der Waals surface area contributed by atoms with Crippen molar-refractivity contribution < 1.29 is 4.79 Å². The van der Waals surface area contributed by atoms with Gasteiger partial charge in [-0.3, -0.25) is 4.79 Å². The van der Waals surface area contributed by atoms with Crippen molar-refractivity contribution in [3.05, 3.63) is 34.0 Å². The fourth-order valence-electron chi connectivity index (χ4n) is 1.71. The number of ketones is 1. The van der Waals surface area contributed by atoms with Crippen molar-refractivity contribution in [2.24, 2.45) is 0 Å². The molecule has 0 aliphatic rings. The van der Waals surface area contributed by atoms with E-state index in [1.54, 1.807) is 4.68 Å². The van der Waals surface area contributed by atoms with E-state index >= 15 is 0 Å². The molecule has 0 unspecified atom stereocenters. The summed E-state index contributed by atoms with van der Waals surface area (Å²) >= 11 is 1.49. The van der Waals surface area contributed by atoms with Gasteiger partial charge in [-0.05, 0) is 37.8 Å². The van der Waals surface area contributed by atoms with Gasteiger partial charge in [-0.25, -0.2) is 9.67 Å². The maximum absolute atomic E-state index is 12.1. The molecule has 5 heteroatoms. The molecule has 0 fully saturated rings. The Morgan fingerprint density at radius 1 is 1.53 bits per heavy atom. The molecule has 0 spiro atoms. The smallest absolute Gasteiger partial charge is 0.180 e. The molecule has 0 radical (unpaired) electrons. The molecule has 0 aliphatic carbocycles. The molecule has 0 saturated heterocycles. The Balaban J connectivity index is 2.19. The second-order valence-corrected chi connectivity index (χ2v) is 5.16. The van der Waals surface area contributed by atoms with Gasteiger partial charge in [0.1, 0.15) is 12.2 Å². The Kier molecular flexibility index (Phi) is 3.38. The summed E-state index contributed by atoms with van der Waals surface area (Å²) in [7, 11) is 0. The first-order chi connectivity index (χ1) is 8.09. The number of thiophene rings is 1. The third kappa shape index (κ3) is 2.44. The lowest BCUT2D eigenvalue weighted by molar-refractivity contribution is 0.0992. The quantitative estimate of drug-likeness (QED) is 0.783. The minimum absolute atomic E-state index is 0.118. The van der Waals surface area contributed by atoms with E-state index in [1.807, 2.05) is 32.2 Å². The lowest BCUT2D eigenvalue weighted by atomic mass is 10.1. The number of hydrogen-bond donors (Lipinski definition) is 0. The zero-order valence-electron chi connectivity index (χ0n) is 10.2. The fraction of sp³-hybridized carbons (Fsp3) is 0.417. The molecule has 2 aromatic rings. The number of aromatic nitrogens is 3. The third-order valence-electron chi connectivity index (χ3n) is 2.57. The molecule has 2 aromatic heterocycles. The van der Waals surface area contributed by atoms with Gasteiger partial charge in [-0.2, -0.15) is 5.10 Å².